The highest BCUT2D eigenvalue weighted by molar-refractivity contribution is 6.99. The molecule has 2 aliphatic carbocycles. The summed E-state index contributed by atoms with van der Waals surface area (Å²) < 4.78 is 13.1. The number of ketones is 1. The van der Waals surface area contributed by atoms with E-state index in [2.05, 4.69) is 137 Å². The van der Waals surface area contributed by atoms with E-state index in [1.807, 2.05) is 19.1 Å². The quantitative estimate of drug-likeness (QED) is 0.0478. The lowest BCUT2D eigenvalue weighted by molar-refractivity contribution is -0.146. The second-order valence-electron chi connectivity index (χ2n) is 18.4. The molecule has 2 aliphatic rings. The van der Waals surface area contributed by atoms with Gasteiger partial charge in [-0.1, -0.05) is 187 Å². The molecule has 0 unspecified atom stereocenters. The monoisotopic (exact) mass is 808 g/mol. The van der Waals surface area contributed by atoms with Crippen molar-refractivity contribution in [3.8, 4) is 0 Å². The number of allylic oxidation sites excluding steroid dienone is 3. The molecule has 0 N–H and O–H groups in total. The summed E-state index contributed by atoms with van der Waals surface area (Å²) in [6, 6.07) is 43.1. The van der Waals surface area contributed by atoms with Crippen LogP contribution in [0.5, 0.6) is 0 Å². The first-order chi connectivity index (χ1) is 28.5. The second kappa shape index (κ2) is 20.3. The molecule has 0 spiro atoms. The molecule has 4 aromatic carbocycles. The van der Waals surface area contributed by atoms with Crippen molar-refractivity contribution in [1.82, 2.24) is 0 Å². The van der Waals surface area contributed by atoms with Gasteiger partial charge in [0.05, 0.1) is 6.61 Å². The van der Waals surface area contributed by atoms with Crippen LogP contribution in [0.15, 0.2) is 133 Å². The molecule has 59 heavy (non-hydrogen) atoms. The number of ether oxygens (including phenoxy) is 1. The van der Waals surface area contributed by atoms with Gasteiger partial charge in [0.15, 0.2) is 0 Å². The molecule has 0 aromatic heterocycles. The summed E-state index contributed by atoms with van der Waals surface area (Å²) in [4.78, 5) is 25.9. The summed E-state index contributed by atoms with van der Waals surface area (Å²) in [5, 5.41) is 2.21. The Morgan fingerprint density at radius 1 is 0.780 bits per heavy atom. The Balaban J connectivity index is 1.03. The molecule has 312 valence electrons. The molecule has 0 bridgehead atoms. The van der Waals surface area contributed by atoms with Crippen LogP contribution in [-0.2, 0) is 18.8 Å². The highest BCUT2D eigenvalue weighted by atomic mass is 28.4. The number of carbonyl (C=O) groups is 2. The van der Waals surface area contributed by atoms with Crippen LogP contribution in [0.25, 0.3) is 11.1 Å². The third-order valence-electron chi connectivity index (χ3n) is 13.5. The molecule has 0 aliphatic heterocycles. The zero-order valence-electron chi connectivity index (χ0n) is 36.5. The summed E-state index contributed by atoms with van der Waals surface area (Å²) in [6.07, 6.45) is 11.1. The number of esters is 1. The van der Waals surface area contributed by atoms with E-state index in [0.29, 0.717) is 37.7 Å². The summed E-state index contributed by atoms with van der Waals surface area (Å²) in [7, 11) is -2.79. The molecule has 0 saturated heterocycles. The number of hydrogen-bond donors (Lipinski definition) is 0. The number of carbonyl (C=O) groups excluding carboxylic acids is 2. The van der Waals surface area contributed by atoms with E-state index < -0.39 is 8.32 Å². The Morgan fingerprint density at radius 2 is 1.34 bits per heavy atom. The average Bonchev–Trinajstić information content (AvgIpc) is 3.76. The first kappa shape index (κ1) is 44.2. The summed E-state index contributed by atoms with van der Waals surface area (Å²) in [5.74, 6) is 1.04. The van der Waals surface area contributed by atoms with Crippen LogP contribution in [0.2, 0.25) is 5.04 Å². The lowest BCUT2D eigenvalue weighted by atomic mass is 9.66. The fraction of sp³-hybridized carbons (Fsp3) is 0.444. The van der Waals surface area contributed by atoms with Crippen LogP contribution in [-0.4, -0.2) is 33.3 Å². The van der Waals surface area contributed by atoms with Gasteiger partial charge < -0.3 is 9.16 Å². The Labute approximate surface area is 356 Å². The summed E-state index contributed by atoms with van der Waals surface area (Å²) in [5.41, 5.74) is 7.11. The third kappa shape index (κ3) is 10.0. The molecule has 0 amide bonds. The highest BCUT2D eigenvalue weighted by Gasteiger charge is 2.55. The molecular formula is C54H68O4Si. The van der Waals surface area contributed by atoms with Crippen LogP contribution >= 0.6 is 0 Å². The smallest absolute Gasteiger partial charge is 0.305 e. The van der Waals surface area contributed by atoms with E-state index in [9.17, 15) is 9.59 Å². The van der Waals surface area contributed by atoms with Crippen molar-refractivity contribution in [1.29, 1.82) is 0 Å². The minimum atomic E-state index is -2.79. The number of benzene rings is 4. The zero-order chi connectivity index (χ0) is 41.9. The summed E-state index contributed by atoms with van der Waals surface area (Å²) >= 11 is 0. The Hall–Kier alpha value is -4.32. The number of fused-ring (bicyclic) bond motifs is 1. The number of unbranched alkanes of at least 4 members (excludes halogenated alkanes) is 4. The summed E-state index contributed by atoms with van der Waals surface area (Å²) in [6.45, 7) is 16.5. The van der Waals surface area contributed by atoms with Crippen LogP contribution in [0, 0.1) is 23.2 Å². The Kier molecular flexibility index (Phi) is 15.2. The van der Waals surface area contributed by atoms with Crippen molar-refractivity contribution in [3.63, 3.8) is 0 Å². The van der Waals surface area contributed by atoms with Crippen LogP contribution in [0.1, 0.15) is 123 Å². The molecule has 0 heterocycles. The fourth-order valence-electron chi connectivity index (χ4n) is 10.5. The predicted octanol–water partition coefficient (Wildman–Crippen LogP) is 12.4. The van der Waals surface area contributed by atoms with E-state index in [1.54, 1.807) is 11.1 Å². The first-order valence-electron chi connectivity index (χ1n) is 22.5. The van der Waals surface area contributed by atoms with Gasteiger partial charge in [0.25, 0.3) is 8.32 Å². The molecule has 4 nitrogen and oxygen atoms in total. The van der Waals surface area contributed by atoms with Crippen LogP contribution < -0.4 is 10.4 Å². The maximum absolute atomic E-state index is 13.1. The van der Waals surface area contributed by atoms with Crippen LogP contribution in [0.3, 0.4) is 0 Å². The Bertz CT molecular complexity index is 1960. The Morgan fingerprint density at radius 3 is 1.93 bits per heavy atom. The normalized spacial score (nSPS) is 19.7. The minimum absolute atomic E-state index is 0.00573. The van der Waals surface area contributed by atoms with E-state index in [4.69, 9.17) is 15.7 Å². The van der Waals surface area contributed by atoms with Gasteiger partial charge >= 0.3 is 5.97 Å². The van der Waals surface area contributed by atoms with Gasteiger partial charge in [-0.15, -0.1) is 0 Å². The van der Waals surface area contributed by atoms with Gasteiger partial charge in [-0.3, -0.25) is 9.59 Å². The van der Waals surface area contributed by atoms with Crippen molar-refractivity contribution in [2.24, 2.45) is 23.2 Å². The van der Waals surface area contributed by atoms with E-state index in [0.717, 1.165) is 44.9 Å². The topological polar surface area (TPSA) is 52.6 Å². The molecule has 0 radical (unpaired) electrons. The average molecular weight is 809 g/mol. The maximum Gasteiger partial charge on any atom is 0.305 e. The van der Waals surface area contributed by atoms with Crippen LogP contribution in [0.4, 0.5) is 0 Å². The molecule has 4 atom stereocenters. The largest absolute Gasteiger partial charge is 0.465 e. The van der Waals surface area contributed by atoms with Gasteiger partial charge in [0, 0.05) is 37.2 Å². The first-order valence-corrected chi connectivity index (χ1v) is 24.4. The van der Waals surface area contributed by atoms with Gasteiger partial charge in [0.2, 0.25) is 0 Å². The van der Waals surface area contributed by atoms with Gasteiger partial charge in [0.1, 0.15) is 5.78 Å². The van der Waals surface area contributed by atoms with Crippen molar-refractivity contribution in [2.75, 3.05) is 13.2 Å². The predicted molar refractivity (Wildman–Crippen MR) is 248 cm³/mol. The number of hydrogen-bond acceptors (Lipinski definition) is 4. The van der Waals surface area contributed by atoms with E-state index >= 15 is 0 Å². The molecule has 1 saturated carbocycles. The van der Waals surface area contributed by atoms with Crippen molar-refractivity contribution < 1.29 is 18.8 Å². The minimum Gasteiger partial charge on any atom is -0.465 e. The fourth-order valence-corrected chi connectivity index (χ4v) is 15.1. The van der Waals surface area contributed by atoms with E-state index in [-0.39, 0.29) is 34.7 Å². The molecule has 4 aromatic rings. The van der Waals surface area contributed by atoms with Crippen molar-refractivity contribution >= 4 is 41.6 Å². The number of rotatable bonds is 21. The third-order valence-corrected chi connectivity index (χ3v) is 18.5. The van der Waals surface area contributed by atoms with Crippen molar-refractivity contribution in [2.45, 2.75) is 117 Å². The molecule has 5 heteroatoms. The lowest BCUT2D eigenvalue weighted by Gasteiger charge is -2.43. The van der Waals surface area contributed by atoms with Gasteiger partial charge in [-0.05, 0) is 88.0 Å². The maximum atomic E-state index is 13.1. The van der Waals surface area contributed by atoms with E-state index in [1.165, 1.54) is 39.9 Å². The van der Waals surface area contributed by atoms with Gasteiger partial charge in [-0.25, -0.2) is 0 Å². The van der Waals surface area contributed by atoms with Crippen molar-refractivity contribution in [3.05, 3.63) is 145 Å². The standard InChI is InChI=1S/C54H68O4Si/c1-7-47(55)37-43(40-58-59(53(4,5)6,48-30-20-13-21-31-48)49-32-22-14-23-33-49)39-57-51(56)34-24-10-8-9-15-29-46-38-50-41(2)35-36-54(50,42(3)44-25-16-11-17-26-44)52(46)45-27-18-12-19-28-45/h11-14,16-23,25-28,30-33,41,43,50H,3,7-10,15,24,29,34-40H2,1-2,4-6H3/t41-,43-,50+,54+/m1/s1. The zero-order valence-corrected chi connectivity index (χ0v) is 37.5. The highest BCUT2D eigenvalue weighted by Crippen LogP contribution is 2.67. The SMILES string of the molecule is C=C(c1ccccc1)[C@@]12CC[C@@H](C)[C@@H]1CC(CCCCCCCC(=O)OC[C@H](CO[Si](c1ccccc1)(c1ccccc1)C(C)(C)C)CC(=O)CC)=C2c1ccccc1. The second-order valence-corrected chi connectivity index (χ2v) is 22.7. The number of Topliss-reactive ketones (excluding diaryl/α,β-unsaturated/α-hetero) is 1. The molecule has 1 fully saturated rings. The van der Waals surface area contributed by atoms with Gasteiger partial charge in [-0.2, -0.15) is 0 Å². The lowest BCUT2D eigenvalue weighted by Crippen LogP contribution is -2.67. The molecule has 6 rings (SSSR count). The molecular weight excluding hydrogens is 741 g/mol.